The number of benzene rings is 2. The van der Waals surface area contributed by atoms with Crippen molar-refractivity contribution in [3.63, 3.8) is 0 Å². The predicted molar refractivity (Wildman–Crippen MR) is 105 cm³/mol. The molecule has 1 aliphatic heterocycles. The van der Waals surface area contributed by atoms with Crippen molar-refractivity contribution < 1.29 is 13.2 Å². The third-order valence-electron chi connectivity index (χ3n) is 4.69. The Bertz CT molecular complexity index is 908. The van der Waals surface area contributed by atoms with Crippen molar-refractivity contribution in [1.29, 1.82) is 0 Å². The van der Waals surface area contributed by atoms with Gasteiger partial charge in [-0.1, -0.05) is 24.3 Å². The lowest BCUT2D eigenvalue weighted by Gasteiger charge is -2.28. The molecule has 7 heteroatoms. The number of rotatable bonds is 6. The van der Waals surface area contributed by atoms with E-state index in [1.165, 1.54) is 22.0 Å². The number of nitrogens with zero attached hydrogens (tertiary/aromatic N) is 2. The van der Waals surface area contributed by atoms with Crippen LogP contribution in [0.2, 0.25) is 0 Å². The minimum Gasteiger partial charge on any atom is -0.351 e. The minimum absolute atomic E-state index is 0.201. The van der Waals surface area contributed by atoms with E-state index in [1.54, 1.807) is 12.1 Å². The Balaban J connectivity index is 1.70. The Hall–Kier alpha value is -2.22. The highest BCUT2D eigenvalue weighted by Gasteiger charge is 2.28. The standard InChI is InChI=1S/C20H25N3O3S/c1-22(2)14-12-21-20(24)17-7-9-19(10-8-17)27(25,26)23-13-11-16-5-3-4-6-18(16)15-23/h3-10H,11-15H2,1-2H3,(H,21,24). The van der Waals surface area contributed by atoms with Crippen LogP contribution in [-0.4, -0.2) is 57.3 Å². The highest BCUT2D eigenvalue weighted by molar-refractivity contribution is 7.89. The van der Waals surface area contributed by atoms with Gasteiger partial charge in [-0.3, -0.25) is 4.79 Å². The van der Waals surface area contributed by atoms with Crippen LogP contribution < -0.4 is 5.32 Å². The first kappa shape index (κ1) is 19.5. The van der Waals surface area contributed by atoms with Gasteiger partial charge in [-0.25, -0.2) is 8.42 Å². The molecule has 3 rings (SSSR count). The summed E-state index contributed by atoms with van der Waals surface area (Å²) in [4.78, 5) is 14.3. The van der Waals surface area contributed by atoms with Crippen LogP contribution in [0.4, 0.5) is 0 Å². The largest absolute Gasteiger partial charge is 0.351 e. The van der Waals surface area contributed by atoms with Gasteiger partial charge in [0, 0.05) is 31.7 Å². The van der Waals surface area contributed by atoms with Gasteiger partial charge in [0.25, 0.3) is 5.91 Å². The first-order chi connectivity index (χ1) is 12.9. The molecule has 0 saturated heterocycles. The lowest BCUT2D eigenvalue weighted by atomic mass is 10.0. The smallest absolute Gasteiger partial charge is 0.251 e. The average molecular weight is 388 g/mol. The SMILES string of the molecule is CN(C)CCNC(=O)c1ccc(S(=O)(=O)N2CCc3ccccc3C2)cc1. The van der Waals surface area contributed by atoms with Crippen LogP contribution in [0.3, 0.4) is 0 Å². The maximum absolute atomic E-state index is 12.9. The summed E-state index contributed by atoms with van der Waals surface area (Å²) in [6.07, 6.45) is 0.710. The number of sulfonamides is 1. The maximum atomic E-state index is 12.9. The molecule has 0 saturated carbocycles. The minimum atomic E-state index is -3.58. The molecule has 1 amide bonds. The van der Waals surface area contributed by atoms with Crippen molar-refractivity contribution in [2.24, 2.45) is 0 Å². The van der Waals surface area contributed by atoms with Gasteiger partial charge in [-0.05, 0) is 55.9 Å². The number of carbonyl (C=O) groups excluding carboxylic acids is 1. The molecule has 0 bridgehead atoms. The molecule has 0 spiro atoms. The van der Waals surface area contributed by atoms with Crippen LogP contribution in [0.25, 0.3) is 0 Å². The second-order valence-corrected chi connectivity index (χ2v) is 8.88. The van der Waals surface area contributed by atoms with E-state index in [-0.39, 0.29) is 10.8 Å². The maximum Gasteiger partial charge on any atom is 0.251 e. The van der Waals surface area contributed by atoms with E-state index < -0.39 is 10.0 Å². The lowest BCUT2D eigenvalue weighted by molar-refractivity contribution is 0.0951. The Morgan fingerprint density at radius 2 is 1.74 bits per heavy atom. The second kappa shape index (κ2) is 8.21. The number of fused-ring (bicyclic) bond motifs is 1. The normalized spacial score (nSPS) is 14.8. The second-order valence-electron chi connectivity index (χ2n) is 6.94. The van der Waals surface area contributed by atoms with Crippen molar-refractivity contribution >= 4 is 15.9 Å². The van der Waals surface area contributed by atoms with Crippen molar-refractivity contribution in [2.45, 2.75) is 17.9 Å². The molecular formula is C20H25N3O3S. The van der Waals surface area contributed by atoms with Crippen LogP contribution in [0.1, 0.15) is 21.5 Å². The number of amides is 1. The van der Waals surface area contributed by atoms with E-state index in [1.807, 2.05) is 43.3 Å². The summed E-state index contributed by atoms with van der Waals surface area (Å²) in [5, 5.41) is 2.82. The van der Waals surface area contributed by atoms with Crippen LogP contribution in [0.5, 0.6) is 0 Å². The monoisotopic (exact) mass is 387 g/mol. The van der Waals surface area contributed by atoms with Gasteiger partial charge < -0.3 is 10.2 Å². The fourth-order valence-electron chi connectivity index (χ4n) is 3.10. The first-order valence-corrected chi connectivity index (χ1v) is 10.4. The number of likely N-dealkylation sites (N-methyl/N-ethyl adjacent to an activating group) is 1. The topological polar surface area (TPSA) is 69.7 Å². The molecular weight excluding hydrogens is 362 g/mol. The number of hydrogen-bond donors (Lipinski definition) is 1. The first-order valence-electron chi connectivity index (χ1n) is 8.98. The summed E-state index contributed by atoms with van der Waals surface area (Å²) in [6, 6.07) is 14.1. The molecule has 144 valence electrons. The molecule has 0 atom stereocenters. The van der Waals surface area contributed by atoms with Gasteiger partial charge >= 0.3 is 0 Å². The number of nitrogens with one attached hydrogen (secondary N) is 1. The summed E-state index contributed by atoms with van der Waals surface area (Å²) < 4.78 is 27.4. The van der Waals surface area contributed by atoms with E-state index in [0.29, 0.717) is 31.6 Å². The Morgan fingerprint density at radius 1 is 1.07 bits per heavy atom. The Labute approximate surface area is 160 Å². The van der Waals surface area contributed by atoms with Crippen molar-refractivity contribution in [2.75, 3.05) is 33.7 Å². The van der Waals surface area contributed by atoms with Gasteiger partial charge in [0.1, 0.15) is 0 Å². The molecule has 0 unspecified atom stereocenters. The molecule has 1 aliphatic rings. The number of carbonyl (C=O) groups is 1. The molecule has 2 aromatic carbocycles. The zero-order valence-electron chi connectivity index (χ0n) is 15.7. The summed E-state index contributed by atoms with van der Waals surface area (Å²) in [6.45, 7) is 2.13. The molecule has 27 heavy (non-hydrogen) atoms. The fraction of sp³-hybridized carbons (Fsp3) is 0.350. The Morgan fingerprint density at radius 3 is 2.41 bits per heavy atom. The van der Waals surface area contributed by atoms with Crippen LogP contribution >= 0.6 is 0 Å². The van der Waals surface area contributed by atoms with Crippen molar-refractivity contribution in [3.05, 3.63) is 65.2 Å². The van der Waals surface area contributed by atoms with E-state index in [9.17, 15) is 13.2 Å². The third kappa shape index (κ3) is 4.55. The van der Waals surface area contributed by atoms with Gasteiger partial charge in [0.2, 0.25) is 10.0 Å². The van der Waals surface area contributed by atoms with Crippen molar-refractivity contribution in [3.8, 4) is 0 Å². The average Bonchev–Trinajstić information content (AvgIpc) is 2.67. The summed E-state index contributed by atoms with van der Waals surface area (Å²) in [5.74, 6) is -0.201. The van der Waals surface area contributed by atoms with E-state index in [4.69, 9.17) is 0 Å². The highest BCUT2D eigenvalue weighted by Crippen LogP contribution is 2.25. The van der Waals surface area contributed by atoms with Crippen LogP contribution in [0, 0.1) is 0 Å². The molecule has 1 N–H and O–H groups in total. The van der Waals surface area contributed by atoms with Gasteiger partial charge in [-0.15, -0.1) is 0 Å². The number of hydrogen-bond acceptors (Lipinski definition) is 4. The molecule has 0 radical (unpaired) electrons. The molecule has 0 aromatic heterocycles. The van der Waals surface area contributed by atoms with Crippen molar-refractivity contribution in [1.82, 2.24) is 14.5 Å². The van der Waals surface area contributed by atoms with E-state index in [0.717, 1.165) is 12.1 Å². The van der Waals surface area contributed by atoms with Crippen LogP contribution in [0.15, 0.2) is 53.4 Å². The molecule has 0 aliphatic carbocycles. The zero-order chi connectivity index (χ0) is 19.4. The lowest BCUT2D eigenvalue weighted by Crippen LogP contribution is -2.36. The molecule has 0 fully saturated rings. The molecule has 1 heterocycles. The Kier molecular flexibility index (Phi) is 5.94. The van der Waals surface area contributed by atoms with Gasteiger partial charge in [-0.2, -0.15) is 4.31 Å². The summed E-state index contributed by atoms with van der Waals surface area (Å²) in [7, 11) is 0.290. The predicted octanol–water partition coefficient (Wildman–Crippen LogP) is 1.73. The third-order valence-corrected chi connectivity index (χ3v) is 6.55. The summed E-state index contributed by atoms with van der Waals surface area (Å²) >= 11 is 0. The van der Waals surface area contributed by atoms with Gasteiger partial charge in [0.15, 0.2) is 0 Å². The molecule has 2 aromatic rings. The quantitative estimate of drug-likeness (QED) is 0.820. The highest BCUT2D eigenvalue weighted by atomic mass is 32.2. The van der Waals surface area contributed by atoms with E-state index >= 15 is 0 Å². The summed E-state index contributed by atoms with van der Waals surface area (Å²) in [5.41, 5.74) is 2.70. The zero-order valence-corrected chi connectivity index (χ0v) is 16.5. The van der Waals surface area contributed by atoms with Crippen LogP contribution in [-0.2, 0) is 23.0 Å². The van der Waals surface area contributed by atoms with Gasteiger partial charge in [0.05, 0.1) is 4.90 Å². The van der Waals surface area contributed by atoms with E-state index in [2.05, 4.69) is 5.32 Å². The fourth-order valence-corrected chi connectivity index (χ4v) is 4.52. The molecule has 6 nitrogen and oxygen atoms in total.